The van der Waals surface area contributed by atoms with Gasteiger partial charge in [-0.25, -0.2) is 0 Å². The Balaban J connectivity index is 1.95. The molecule has 1 atom stereocenters. The van der Waals surface area contributed by atoms with Gasteiger partial charge >= 0.3 is 0 Å². The van der Waals surface area contributed by atoms with E-state index >= 15 is 0 Å². The van der Waals surface area contributed by atoms with Crippen LogP contribution in [0.2, 0.25) is 0 Å². The van der Waals surface area contributed by atoms with Crippen LogP contribution in [0.4, 0.5) is 0 Å². The van der Waals surface area contributed by atoms with Gasteiger partial charge in [-0.05, 0) is 25.1 Å². The predicted molar refractivity (Wildman–Crippen MR) is 77.6 cm³/mol. The molecule has 0 aliphatic carbocycles. The highest BCUT2D eigenvalue weighted by molar-refractivity contribution is 5.86. The third-order valence-electron chi connectivity index (χ3n) is 2.86. The predicted octanol–water partition coefficient (Wildman–Crippen LogP) is 1.99. The number of hydrogen-bond acceptors (Lipinski definition) is 3. The number of rotatable bonds is 7. The molecule has 1 aromatic heterocycles. The van der Waals surface area contributed by atoms with Crippen LogP contribution in [0.3, 0.4) is 0 Å². The van der Waals surface area contributed by atoms with Crippen molar-refractivity contribution < 1.29 is 9.84 Å². The summed E-state index contributed by atoms with van der Waals surface area (Å²) in [6, 6.07) is 7.92. The maximum atomic E-state index is 9.78. The Bertz CT molecular complexity index is 548. The van der Waals surface area contributed by atoms with Gasteiger partial charge in [0.05, 0.1) is 0 Å². The Morgan fingerprint density at radius 2 is 2.37 bits per heavy atom. The van der Waals surface area contributed by atoms with E-state index in [1.54, 1.807) is 6.08 Å². The lowest BCUT2D eigenvalue weighted by Gasteiger charge is -2.13. The molecule has 3 N–H and O–H groups in total. The monoisotopic (exact) mass is 260 g/mol. The van der Waals surface area contributed by atoms with Crippen LogP contribution >= 0.6 is 0 Å². The Morgan fingerprint density at radius 1 is 1.53 bits per heavy atom. The largest absolute Gasteiger partial charge is 0.490 e. The summed E-state index contributed by atoms with van der Waals surface area (Å²) >= 11 is 0. The standard InChI is InChI=1S/C15H20N2O2/c1-3-7-16-9-12(18)10-19-15-6-4-5-14-13(15)8-11(2)17-14/h3-6,8,12,16-18H,1,7,9-10H2,2H3/t12-/m0/s1. The van der Waals surface area contributed by atoms with E-state index in [0.717, 1.165) is 22.3 Å². The fraction of sp³-hybridized carbons (Fsp3) is 0.333. The highest BCUT2D eigenvalue weighted by Crippen LogP contribution is 2.26. The summed E-state index contributed by atoms with van der Waals surface area (Å²) < 4.78 is 5.69. The number of aliphatic hydroxyl groups excluding tert-OH is 1. The molecular formula is C15H20N2O2. The molecule has 102 valence electrons. The Labute approximate surface area is 113 Å². The number of aromatic amines is 1. The van der Waals surface area contributed by atoms with Gasteiger partial charge in [-0.2, -0.15) is 0 Å². The van der Waals surface area contributed by atoms with Crippen LogP contribution in [0, 0.1) is 6.92 Å². The molecule has 1 heterocycles. The van der Waals surface area contributed by atoms with Gasteiger partial charge in [-0.15, -0.1) is 6.58 Å². The molecular weight excluding hydrogens is 240 g/mol. The van der Waals surface area contributed by atoms with Gasteiger partial charge in [0.1, 0.15) is 18.5 Å². The number of hydrogen-bond donors (Lipinski definition) is 3. The molecule has 0 aliphatic rings. The van der Waals surface area contributed by atoms with Crippen molar-refractivity contribution in [2.75, 3.05) is 19.7 Å². The maximum Gasteiger partial charge on any atom is 0.128 e. The zero-order valence-electron chi connectivity index (χ0n) is 11.1. The summed E-state index contributed by atoms with van der Waals surface area (Å²) in [4.78, 5) is 3.26. The van der Waals surface area contributed by atoms with Crippen LogP contribution in [0.5, 0.6) is 5.75 Å². The first-order valence-electron chi connectivity index (χ1n) is 6.41. The Morgan fingerprint density at radius 3 is 3.16 bits per heavy atom. The second-order valence-corrected chi connectivity index (χ2v) is 4.58. The van der Waals surface area contributed by atoms with Gasteiger partial charge in [0.25, 0.3) is 0 Å². The second kappa shape index (κ2) is 6.41. The second-order valence-electron chi connectivity index (χ2n) is 4.58. The molecule has 19 heavy (non-hydrogen) atoms. The van der Waals surface area contributed by atoms with Gasteiger partial charge in [0, 0.05) is 29.7 Å². The van der Waals surface area contributed by atoms with Crippen molar-refractivity contribution in [1.82, 2.24) is 10.3 Å². The van der Waals surface area contributed by atoms with E-state index in [4.69, 9.17) is 4.74 Å². The van der Waals surface area contributed by atoms with Gasteiger partial charge in [-0.3, -0.25) is 0 Å². The molecule has 0 fully saturated rings. The van der Waals surface area contributed by atoms with Crippen molar-refractivity contribution in [2.45, 2.75) is 13.0 Å². The topological polar surface area (TPSA) is 57.3 Å². The molecule has 0 radical (unpaired) electrons. The molecule has 0 bridgehead atoms. The minimum absolute atomic E-state index is 0.271. The smallest absolute Gasteiger partial charge is 0.128 e. The number of aryl methyl sites for hydroxylation is 1. The van der Waals surface area contributed by atoms with Crippen molar-refractivity contribution in [3.05, 3.63) is 42.6 Å². The minimum Gasteiger partial charge on any atom is -0.490 e. The lowest BCUT2D eigenvalue weighted by Crippen LogP contribution is -2.31. The van der Waals surface area contributed by atoms with E-state index in [-0.39, 0.29) is 6.61 Å². The number of H-pyrrole nitrogens is 1. The number of nitrogens with one attached hydrogen (secondary N) is 2. The fourth-order valence-electron chi connectivity index (χ4n) is 1.99. The summed E-state index contributed by atoms with van der Waals surface area (Å²) in [5.41, 5.74) is 2.15. The van der Waals surface area contributed by atoms with Gasteiger partial charge < -0.3 is 20.1 Å². The van der Waals surface area contributed by atoms with Crippen molar-refractivity contribution in [2.24, 2.45) is 0 Å². The van der Waals surface area contributed by atoms with Crippen molar-refractivity contribution in [3.63, 3.8) is 0 Å². The Kier molecular flexibility index (Phi) is 4.60. The van der Waals surface area contributed by atoms with E-state index in [2.05, 4.69) is 16.9 Å². The molecule has 4 heteroatoms. The van der Waals surface area contributed by atoms with Crippen molar-refractivity contribution >= 4 is 10.9 Å². The molecule has 0 spiro atoms. The number of ether oxygens (including phenoxy) is 1. The van der Waals surface area contributed by atoms with E-state index in [1.165, 1.54) is 0 Å². The first kappa shape index (κ1) is 13.6. The third-order valence-corrected chi connectivity index (χ3v) is 2.86. The minimum atomic E-state index is -0.532. The summed E-state index contributed by atoms with van der Waals surface area (Å²) in [7, 11) is 0. The quantitative estimate of drug-likeness (QED) is 0.527. The lowest BCUT2D eigenvalue weighted by atomic mass is 10.2. The average Bonchev–Trinajstić information content (AvgIpc) is 2.77. The molecule has 2 aromatic rings. The maximum absolute atomic E-state index is 9.78. The Hall–Kier alpha value is -1.78. The highest BCUT2D eigenvalue weighted by atomic mass is 16.5. The molecule has 0 saturated carbocycles. The average molecular weight is 260 g/mol. The first-order valence-corrected chi connectivity index (χ1v) is 6.41. The number of fused-ring (bicyclic) bond motifs is 1. The van der Waals surface area contributed by atoms with Gasteiger partial charge in [0.2, 0.25) is 0 Å². The van der Waals surface area contributed by atoms with Gasteiger partial charge in [0.15, 0.2) is 0 Å². The van der Waals surface area contributed by atoms with Crippen LogP contribution in [0.1, 0.15) is 5.69 Å². The molecule has 1 aromatic carbocycles. The van der Waals surface area contributed by atoms with Crippen LogP contribution in [0.25, 0.3) is 10.9 Å². The van der Waals surface area contributed by atoms with Crippen LogP contribution < -0.4 is 10.1 Å². The molecule has 4 nitrogen and oxygen atoms in total. The molecule has 2 rings (SSSR count). The summed E-state index contributed by atoms with van der Waals surface area (Å²) in [6.45, 7) is 7.07. The van der Waals surface area contributed by atoms with Crippen LogP contribution in [0.15, 0.2) is 36.9 Å². The summed E-state index contributed by atoms with van der Waals surface area (Å²) in [5.74, 6) is 0.796. The SMILES string of the molecule is C=CCNC[C@H](O)COc1cccc2[nH]c(C)cc12. The molecule has 0 saturated heterocycles. The first-order chi connectivity index (χ1) is 9.20. The normalized spacial score (nSPS) is 12.5. The molecule has 0 unspecified atom stereocenters. The third kappa shape index (κ3) is 3.59. The van der Waals surface area contributed by atoms with E-state index in [9.17, 15) is 5.11 Å². The van der Waals surface area contributed by atoms with Crippen LogP contribution in [-0.4, -0.2) is 35.9 Å². The van der Waals surface area contributed by atoms with Crippen molar-refractivity contribution in [3.8, 4) is 5.75 Å². The van der Waals surface area contributed by atoms with Crippen LogP contribution in [-0.2, 0) is 0 Å². The highest BCUT2D eigenvalue weighted by Gasteiger charge is 2.08. The summed E-state index contributed by atoms with van der Waals surface area (Å²) in [6.07, 6.45) is 1.23. The fourth-order valence-corrected chi connectivity index (χ4v) is 1.99. The summed E-state index contributed by atoms with van der Waals surface area (Å²) in [5, 5.41) is 13.9. The zero-order chi connectivity index (χ0) is 13.7. The lowest BCUT2D eigenvalue weighted by molar-refractivity contribution is 0.108. The molecule has 0 aliphatic heterocycles. The van der Waals surface area contributed by atoms with E-state index < -0.39 is 6.10 Å². The van der Waals surface area contributed by atoms with Crippen molar-refractivity contribution in [1.29, 1.82) is 0 Å². The molecule has 0 amide bonds. The van der Waals surface area contributed by atoms with E-state index in [1.807, 2.05) is 31.2 Å². The number of aromatic nitrogens is 1. The number of benzene rings is 1. The van der Waals surface area contributed by atoms with Gasteiger partial charge in [-0.1, -0.05) is 12.1 Å². The number of aliphatic hydroxyl groups is 1. The zero-order valence-corrected chi connectivity index (χ0v) is 11.1. The van der Waals surface area contributed by atoms with E-state index in [0.29, 0.717) is 13.1 Å².